The fourth-order valence-corrected chi connectivity index (χ4v) is 5.32. The maximum absolute atomic E-state index is 12.2. The zero-order chi connectivity index (χ0) is 12.2. The molecule has 0 aromatic carbocycles. The van der Waals surface area contributed by atoms with Crippen molar-refractivity contribution >= 4 is 48.9 Å². The van der Waals surface area contributed by atoms with Gasteiger partial charge in [0, 0.05) is 23.4 Å². The van der Waals surface area contributed by atoms with Crippen LogP contribution in [0.5, 0.6) is 0 Å². The van der Waals surface area contributed by atoms with Crippen molar-refractivity contribution in [2.75, 3.05) is 19.0 Å². The zero-order valence-electron chi connectivity index (χ0n) is 8.82. The number of sulfonamides is 1. The molecule has 1 heterocycles. The van der Waals surface area contributed by atoms with Crippen LogP contribution >= 0.6 is 38.9 Å². The van der Waals surface area contributed by atoms with Gasteiger partial charge in [0.1, 0.15) is 4.21 Å². The van der Waals surface area contributed by atoms with E-state index in [1.54, 1.807) is 11.4 Å². The normalized spacial score (nSPS) is 12.2. The van der Waals surface area contributed by atoms with E-state index < -0.39 is 10.0 Å². The van der Waals surface area contributed by atoms with Gasteiger partial charge < -0.3 is 0 Å². The van der Waals surface area contributed by atoms with Gasteiger partial charge in [-0.2, -0.15) is 4.31 Å². The fourth-order valence-electron chi connectivity index (χ4n) is 1.27. The van der Waals surface area contributed by atoms with Gasteiger partial charge >= 0.3 is 0 Å². The molecule has 0 fully saturated rings. The minimum absolute atomic E-state index is 0.365. The van der Waals surface area contributed by atoms with E-state index in [2.05, 4.69) is 15.9 Å². The average molecular weight is 347 g/mol. The molecule has 0 N–H and O–H groups in total. The molecule has 7 heteroatoms. The Morgan fingerprint density at radius 1 is 1.56 bits per heavy atom. The molecule has 0 unspecified atom stereocenters. The highest BCUT2D eigenvalue weighted by atomic mass is 79.9. The smallest absolute Gasteiger partial charge is 0.206 e. The van der Waals surface area contributed by atoms with Gasteiger partial charge in [0.15, 0.2) is 0 Å². The van der Waals surface area contributed by atoms with Gasteiger partial charge in [-0.1, -0.05) is 6.92 Å². The number of thiophene rings is 1. The highest BCUT2D eigenvalue weighted by molar-refractivity contribution is 9.10. The predicted molar refractivity (Wildman–Crippen MR) is 71.8 cm³/mol. The monoisotopic (exact) mass is 345 g/mol. The van der Waals surface area contributed by atoms with Gasteiger partial charge in [-0.25, -0.2) is 8.42 Å². The summed E-state index contributed by atoms with van der Waals surface area (Å²) in [5.41, 5.74) is 0. The predicted octanol–water partition coefficient (Wildman–Crippen LogP) is 3.15. The minimum Gasteiger partial charge on any atom is -0.206 e. The first-order valence-corrected chi connectivity index (χ1v) is 8.47. The number of hydrogen-bond acceptors (Lipinski definition) is 3. The third kappa shape index (κ3) is 3.20. The summed E-state index contributed by atoms with van der Waals surface area (Å²) in [6, 6.07) is 1.74. The molecule has 0 aliphatic carbocycles. The molecule has 0 saturated carbocycles. The molecular formula is C9H13BrClNO2S2. The van der Waals surface area contributed by atoms with Crippen molar-refractivity contribution in [3.63, 3.8) is 0 Å². The van der Waals surface area contributed by atoms with Gasteiger partial charge in [-0.05, 0) is 33.8 Å². The Balaban J connectivity index is 2.95. The molecule has 0 aliphatic heterocycles. The van der Waals surface area contributed by atoms with Crippen molar-refractivity contribution in [3.05, 3.63) is 15.9 Å². The first kappa shape index (κ1) is 14.4. The summed E-state index contributed by atoms with van der Waals surface area (Å²) in [4.78, 5) is 0. The molecule has 0 saturated heterocycles. The van der Waals surface area contributed by atoms with E-state index in [9.17, 15) is 8.42 Å². The second-order valence-electron chi connectivity index (χ2n) is 3.10. The molecule has 0 radical (unpaired) electrons. The molecule has 1 aromatic heterocycles. The van der Waals surface area contributed by atoms with E-state index >= 15 is 0 Å². The van der Waals surface area contributed by atoms with Gasteiger partial charge in [-0.15, -0.1) is 22.9 Å². The molecule has 92 valence electrons. The minimum atomic E-state index is -3.36. The van der Waals surface area contributed by atoms with Gasteiger partial charge in [0.05, 0.1) is 0 Å². The Labute approximate surface area is 114 Å². The first-order valence-electron chi connectivity index (χ1n) is 4.83. The lowest BCUT2D eigenvalue weighted by molar-refractivity contribution is 0.429. The van der Waals surface area contributed by atoms with E-state index in [4.69, 9.17) is 11.6 Å². The quantitative estimate of drug-likeness (QED) is 0.742. The molecule has 0 aliphatic rings. The summed E-state index contributed by atoms with van der Waals surface area (Å²) >= 11 is 10.1. The Morgan fingerprint density at radius 2 is 2.25 bits per heavy atom. The first-order chi connectivity index (χ1) is 7.54. The van der Waals surface area contributed by atoms with Gasteiger partial charge in [-0.3, -0.25) is 0 Å². The maximum Gasteiger partial charge on any atom is 0.253 e. The van der Waals surface area contributed by atoms with Gasteiger partial charge in [0.2, 0.25) is 0 Å². The third-order valence-corrected chi connectivity index (χ3v) is 6.94. The van der Waals surface area contributed by atoms with Crippen LogP contribution in [0, 0.1) is 0 Å². The van der Waals surface area contributed by atoms with E-state index in [-0.39, 0.29) is 0 Å². The highest BCUT2D eigenvalue weighted by Crippen LogP contribution is 2.30. The summed E-state index contributed by atoms with van der Waals surface area (Å²) < 4.78 is 26.9. The maximum atomic E-state index is 12.2. The molecule has 3 nitrogen and oxygen atoms in total. The van der Waals surface area contributed by atoms with Crippen LogP contribution in [0.3, 0.4) is 0 Å². The van der Waals surface area contributed by atoms with Crippen LogP contribution < -0.4 is 0 Å². The van der Waals surface area contributed by atoms with Gasteiger partial charge in [0.25, 0.3) is 10.0 Å². The van der Waals surface area contributed by atoms with Crippen molar-refractivity contribution in [2.45, 2.75) is 17.6 Å². The Kier molecular flexibility index (Phi) is 5.73. The zero-order valence-corrected chi connectivity index (χ0v) is 12.8. The van der Waals surface area contributed by atoms with Crippen molar-refractivity contribution < 1.29 is 8.42 Å². The second-order valence-corrected chi connectivity index (χ2v) is 7.38. The molecule has 1 aromatic rings. The van der Waals surface area contributed by atoms with Crippen LogP contribution in [0.15, 0.2) is 20.1 Å². The lowest BCUT2D eigenvalue weighted by atomic mass is 10.5. The molecular weight excluding hydrogens is 334 g/mol. The van der Waals surface area contributed by atoms with Crippen LogP contribution in [-0.4, -0.2) is 31.7 Å². The molecule has 0 amide bonds. The number of alkyl halides is 1. The molecule has 1 rings (SSSR count). The standard InChI is InChI=1S/C9H13BrClNO2S2/c1-2-12(6-3-5-11)16(13,14)9-8(10)4-7-15-9/h4,7H,2-3,5-6H2,1H3. The number of hydrogen-bond donors (Lipinski definition) is 0. The topological polar surface area (TPSA) is 37.4 Å². The number of halogens is 2. The Hall–Kier alpha value is 0.380. The lowest BCUT2D eigenvalue weighted by Gasteiger charge is -2.19. The van der Waals surface area contributed by atoms with Crippen LogP contribution in [-0.2, 0) is 10.0 Å². The van der Waals surface area contributed by atoms with E-state index in [0.717, 1.165) is 0 Å². The van der Waals surface area contributed by atoms with E-state index in [0.29, 0.717) is 34.1 Å². The fraction of sp³-hybridized carbons (Fsp3) is 0.556. The summed E-state index contributed by atoms with van der Waals surface area (Å²) in [5.74, 6) is 0.470. The van der Waals surface area contributed by atoms with E-state index in [1.165, 1.54) is 15.6 Å². The van der Waals surface area contributed by atoms with Crippen molar-refractivity contribution in [1.29, 1.82) is 0 Å². The largest absolute Gasteiger partial charge is 0.253 e. The number of nitrogens with zero attached hydrogens (tertiary/aromatic N) is 1. The van der Waals surface area contributed by atoms with Crippen LogP contribution in [0.4, 0.5) is 0 Å². The second kappa shape index (κ2) is 6.35. The summed E-state index contributed by atoms with van der Waals surface area (Å²) in [7, 11) is -3.36. The van der Waals surface area contributed by atoms with E-state index in [1.807, 2.05) is 6.92 Å². The molecule has 0 spiro atoms. The van der Waals surface area contributed by atoms with Crippen LogP contribution in [0.1, 0.15) is 13.3 Å². The van der Waals surface area contributed by atoms with Crippen molar-refractivity contribution in [1.82, 2.24) is 4.31 Å². The Bertz CT molecular complexity index is 432. The molecule has 0 bridgehead atoms. The summed E-state index contributed by atoms with van der Waals surface area (Å²) in [5, 5.41) is 1.76. The molecule has 16 heavy (non-hydrogen) atoms. The van der Waals surface area contributed by atoms with Crippen molar-refractivity contribution in [2.24, 2.45) is 0 Å². The van der Waals surface area contributed by atoms with Crippen molar-refractivity contribution in [3.8, 4) is 0 Å². The average Bonchev–Trinajstić information content (AvgIpc) is 2.66. The highest BCUT2D eigenvalue weighted by Gasteiger charge is 2.25. The van der Waals surface area contributed by atoms with Crippen LogP contribution in [0.25, 0.3) is 0 Å². The third-order valence-electron chi connectivity index (χ3n) is 2.05. The van der Waals surface area contributed by atoms with Crippen LogP contribution in [0.2, 0.25) is 0 Å². The lowest BCUT2D eigenvalue weighted by Crippen LogP contribution is -2.31. The number of rotatable bonds is 6. The SMILES string of the molecule is CCN(CCCCl)S(=O)(=O)c1sccc1Br. The summed E-state index contributed by atoms with van der Waals surface area (Å²) in [6.07, 6.45) is 0.664. The summed E-state index contributed by atoms with van der Waals surface area (Å²) in [6.45, 7) is 2.75. The Morgan fingerprint density at radius 3 is 2.69 bits per heavy atom. The molecule has 0 atom stereocenters.